The van der Waals surface area contributed by atoms with E-state index < -0.39 is 0 Å². The fourth-order valence-corrected chi connectivity index (χ4v) is 2.24. The molecule has 1 heterocycles. The van der Waals surface area contributed by atoms with Crippen LogP contribution in [0.2, 0.25) is 0 Å². The Bertz CT molecular complexity index is 787. The molecule has 0 aliphatic rings. The van der Waals surface area contributed by atoms with Crippen molar-refractivity contribution in [2.45, 2.75) is 13.5 Å². The molecule has 0 bridgehead atoms. The van der Waals surface area contributed by atoms with Crippen molar-refractivity contribution in [2.24, 2.45) is 0 Å². The highest BCUT2D eigenvalue weighted by Crippen LogP contribution is 2.16. The molecular weight excluding hydrogens is 304 g/mol. The number of carbonyl (C=O) groups excluding carboxylic acids is 1. The highest BCUT2D eigenvalue weighted by atomic mass is 16.5. The molecule has 0 radical (unpaired) electrons. The van der Waals surface area contributed by atoms with Crippen molar-refractivity contribution in [3.05, 3.63) is 66.6 Å². The molecule has 0 spiro atoms. The molecule has 6 nitrogen and oxygen atoms in total. The van der Waals surface area contributed by atoms with Crippen LogP contribution in [0.1, 0.15) is 12.8 Å². The second-order valence-corrected chi connectivity index (χ2v) is 5.19. The van der Waals surface area contributed by atoms with E-state index in [1.54, 1.807) is 4.90 Å². The van der Waals surface area contributed by atoms with Crippen molar-refractivity contribution >= 4 is 11.7 Å². The SMILES string of the molecule is CCN(Cc1nc(-c2ccccc2)no1)C(=O)Nc1ccccc1. The molecule has 2 aromatic carbocycles. The summed E-state index contributed by atoms with van der Waals surface area (Å²) in [6, 6.07) is 18.7. The molecule has 3 rings (SSSR count). The summed E-state index contributed by atoms with van der Waals surface area (Å²) in [6.45, 7) is 2.69. The van der Waals surface area contributed by atoms with E-state index in [2.05, 4.69) is 15.5 Å². The monoisotopic (exact) mass is 322 g/mol. The molecule has 1 N–H and O–H groups in total. The number of urea groups is 1. The zero-order chi connectivity index (χ0) is 16.8. The highest BCUT2D eigenvalue weighted by molar-refractivity contribution is 5.89. The average molecular weight is 322 g/mol. The molecular formula is C18H18N4O2. The van der Waals surface area contributed by atoms with Crippen LogP contribution >= 0.6 is 0 Å². The fraction of sp³-hybridized carbons (Fsp3) is 0.167. The summed E-state index contributed by atoms with van der Waals surface area (Å²) < 4.78 is 5.27. The Balaban J connectivity index is 1.67. The molecule has 1 aromatic heterocycles. The molecule has 0 aliphatic heterocycles. The number of hydrogen-bond acceptors (Lipinski definition) is 4. The van der Waals surface area contributed by atoms with Gasteiger partial charge in [0.05, 0.1) is 0 Å². The number of aromatic nitrogens is 2. The second kappa shape index (κ2) is 7.41. The molecule has 3 aromatic rings. The van der Waals surface area contributed by atoms with E-state index in [0.717, 1.165) is 11.3 Å². The first-order valence-electron chi connectivity index (χ1n) is 7.75. The predicted octanol–water partition coefficient (Wildman–Crippen LogP) is 3.79. The van der Waals surface area contributed by atoms with Gasteiger partial charge >= 0.3 is 6.03 Å². The molecule has 24 heavy (non-hydrogen) atoms. The van der Waals surface area contributed by atoms with Gasteiger partial charge in [-0.2, -0.15) is 4.98 Å². The summed E-state index contributed by atoms with van der Waals surface area (Å²) in [4.78, 5) is 18.3. The third-order valence-corrected chi connectivity index (χ3v) is 3.52. The molecule has 0 aliphatic carbocycles. The largest absolute Gasteiger partial charge is 0.337 e. The van der Waals surface area contributed by atoms with Crippen LogP contribution in [0.15, 0.2) is 65.2 Å². The van der Waals surface area contributed by atoms with Crippen LogP contribution in [0.25, 0.3) is 11.4 Å². The molecule has 0 atom stereocenters. The van der Waals surface area contributed by atoms with E-state index in [1.807, 2.05) is 67.6 Å². The Hall–Kier alpha value is -3.15. The number of amides is 2. The maximum Gasteiger partial charge on any atom is 0.322 e. The average Bonchev–Trinajstić information content (AvgIpc) is 3.10. The Morgan fingerprint density at radius 2 is 1.75 bits per heavy atom. The smallest absolute Gasteiger partial charge is 0.322 e. The number of para-hydroxylation sites is 1. The van der Waals surface area contributed by atoms with Gasteiger partial charge in [0.25, 0.3) is 0 Å². The first-order valence-corrected chi connectivity index (χ1v) is 7.75. The summed E-state index contributed by atoms with van der Waals surface area (Å²) in [5, 5.41) is 6.82. The van der Waals surface area contributed by atoms with Gasteiger partial charge in [-0.05, 0) is 19.1 Å². The van der Waals surface area contributed by atoms with Gasteiger partial charge in [-0.15, -0.1) is 0 Å². The van der Waals surface area contributed by atoms with Crippen molar-refractivity contribution in [1.29, 1.82) is 0 Å². The number of nitrogens with one attached hydrogen (secondary N) is 1. The fourth-order valence-electron chi connectivity index (χ4n) is 2.24. The van der Waals surface area contributed by atoms with Gasteiger partial charge in [-0.1, -0.05) is 53.7 Å². The lowest BCUT2D eigenvalue weighted by Gasteiger charge is -2.19. The second-order valence-electron chi connectivity index (χ2n) is 5.19. The normalized spacial score (nSPS) is 10.4. The minimum absolute atomic E-state index is 0.205. The van der Waals surface area contributed by atoms with E-state index in [-0.39, 0.29) is 12.6 Å². The molecule has 0 fully saturated rings. The summed E-state index contributed by atoms with van der Waals surface area (Å²) in [5.41, 5.74) is 1.63. The van der Waals surface area contributed by atoms with Crippen LogP contribution in [-0.4, -0.2) is 27.6 Å². The van der Waals surface area contributed by atoms with Gasteiger partial charge in [0.15, 0.2) is 0 Å². The van der Waals surface area contributed by atoms with E-state index in [4.69, 9.17) is 4.52 Å². The Morgan fingerprint density at radius 1 is 1.08 bits per heavy atom. The molecule has 122 valence electrons. The van der Waals surface area contributed by atoms with Crippen LogP contribution in [0.5, 0.6) is 0 Å². The lowest BCUT2D eigenvalue weighted by molar-refractivity contribution is 0.203. The molecule has 0 saturated heterocycles. The van der Waals surface area contributed by atoms with Crippen molar-refractivity contribution in [3.8, 4) is 11.4 Å². The summed E-state index contributed by atoms with van der Waals surface area (Å²) >= 11 is 0. The van der Waals surface area contributed by atoms with E-state index >= 15 is 0 Å². The van der Waals surface area contributed by atoms with Crippen molar-refractivity contribution in [2.75, 3.05) is 11.9 Å². The van der Waals surface area contributed by atoms with Gasteiger partial charge in [0.1, 0.15) is 6.54 Å². The molecule has 0 unspecified atom stereocenters. The minimum atomic E-state index is -0.205. The predicted molar refractivity (Wildman–Crippen MR) is 91.3 cm³/mol. The van der Waals surface area contributed by atoms with Crippen LogP contribution in [0, 0.1) is 0 Å². The number of benzene rings is 2. The third-order valence-electron chi connectivity index (χ3n) is 3.52. The quantitative estimate of drug-likeness (QED) is 0.776. The zero-order valence-corrected chi connectivity index (χ0v) is 13.3. The lowest BCUT2D eigenvalue weighted by Crippen LogP contribution is -2.34. The van der Waals surface area contributed by atoms with Crippen LogP contribution in [-0.2, 0) is 6.54 Å². The van der Waals surface area contributed by atoms with Gasteiger partial charge in [0, 0.05) is 17.8 Å². The first kappa shape index (κ1) is 15.7. The Labute approximate surface area is 140 Å². The standard InChI is InChI=1S/C18H18N4O2/c1-2-22(18(23)19-15-11-7-4-8-12-15)13-16-20-17(21-24-16)14-9-5-3-6-10-14/h3-12H,2,13H2,1H3,(H,19,23). The molecule has 0 saturated carbocycles. The molecule has 2 amide bonds. The first-order chi connectivity index (χ1) is 11.8. The van der Waals surface area contributed by atoms with Crippen LogP contribution in [0.4, 0.5) is 10.5 Å². The highest BCUT2D eigenvalue weighted by Gasteiger charge is 2.16. The van der Waals surface area contributed by atoms with E-state index in [1.165, 1.54) is 0 Å². The third kappa shape index (κ3) is 3.78. The minimum Gasteiger partial charge on any atom is -0.337 e. The lowest BCUT2D eigenvalue weighted by atomic mass is 10.2. The number of carbonyl (C=O) groups is 1. The zero-order valence-electron chi connectivity index (χ0n) is 13.3. The van der Waals surface area contributed by atoms with Crippen LogP contribution < -0.4 is 5.32 Å². The van der Waals surface area contributed by atoms with Gasteiger partial charge < -0.3 is 14.7 Å². The van der Waals surface area contributed by atoms with Crippen molar-refractivity contribution in [1.82, 2.24) is 15.0 Å². The van der Waals surface area contributed by atoms with E-state index in [9.17, 15) is 4.79 Å². The summed E-state index contributed by atoms with van der Waals surface area (Å²) in [6.07, 6.45) is 0. The van der Waals surface area contributed by atoms with Gasteiger partial charge in [0.2, 0.25) is 11.7 Å². The summed E-state index contributed by atoms with van der Waals surface area (Å²) in [7, 11) is 0. The number of hydrogen-bond donors (Lipinski definition) is 1. The van der Waals surface area contributed by atoms with E-state index in [0.29, 0.717) is 18.3 Å². The maximum absolute atomic E-state index is 12.3. The number of anilines is 1. The number of nitrogens with zero attached hydrogens (tertiary/aromatic N) is 3. The topological polar surface area (TPSA) is 71.3 Å². The van der Waals surface area contributed by atoms with Gasteiger partial charge in [-0.25, -0.2) is 4.79 Å². The van der Waals surface area contributed by atoms with Crippen molar-refractivity contribution < 1.29 is 9.32 Å². The Kier molecular flexibility index (Phi) is 4.86. The van der Waals surface area contributed by atoms with Crippen LogP contribution in [0.3, 0.4) is 0 Å². The van der Waals surface area contributed by atoms with Crippen molar-refractivity contribution in [3.63, 3.8) is 0 Å². The van der Waals surface area contributed by atoms with Gasteiger partial charge in [-0.3, -0.25) is 0 Å². The summed E-state index contributed by atoms with van der Waals surface area (Å²) in [5.74, 6) is 0.920. The maximum atomic E-state index is 12.3. The molecule has 6 heteroatoms. The number of rotatable bonds is 5. The Morgan fingerprint density at radius 3 is 2.42 bits per heavy atom.